The Morgan fingerprint density at radius 1 is 0.882 bits per heavy atom. The third kappa shape index (κ3) is 3.57. The number of benzene rings is 2. The quantitative estimate of drug-likeness (QED) is 0.632. The monoisotopic (exact) mass is 418 g/mol. The van der Waals surface area contributed by atoms with Crippen LogP contribution >= 0.6 is 47.8 Å². The Morgan fingerprint density at radius 3 is 2.18 bits per heavy atom. The van der Waals surface area contributed by atoms with Gasteiger partial charge in [0.25, 0.3) is 0 Å². The second-order valence-electron chi connectivity index (χ2n) is 3.47. The largest absolute Gasteiger partial charge is 0.487 e. The lowest BCUT2D eigenvalue weighted by molar-refractivity contribution is 0.302. The maximum atomic E-state index is 5.79. The van der Waals surface area contributed by atoms with E-state index in [0.29, 0.717) is 6.61 Å². The molecule has 0 aliphatic rings. The van der Waals surface area contributed by atoms with Crippen LogP contribution in [0.2, 0.25) is 0 Å². The van der Waals surface area contributed by atoms with Crippen LogP contribution in [0.15, 0.2) is 55.9 Å². The molecule has 0 aliphatic heterocycles. The van der Waals surface area contributed by atoms with Crippen LogP contribution in [0.5, 0.6) is 5.75 Å². The molecule has 0 aliphatic carbocycles. The Labute approximate surface area is 126 Å². The Morgan fingerprint density at radius 2 is 1.53 bits per heavy atom. The second-order valence-corrected chi connectivity index (χ2v) is 6.09. The Kier molecular flexibility index (Phi) is 4.65. The summed E-state index contributed by atoms with van der Waals surface area (Å²) in [6, 6.07) is 14.0. The van der Waals surface area contributed by atoms with E-state index in [-0.39, 0.29) is 0 Å². The zero-order valence-electron chi connectivity index (χ0n) is 8.79. The van der Waals surface area contributed by atoms with Crippen LogP contribution in [-0.2, 0) is 6.61 Å². The van der Waals surface area contributed by atoms with Gasteiger partial charge in [0.2, 0.25) is 0 Å². The molecule has 0 N–H and O–H groups in total. The molecule has 0 fully saturated rings. The van der Waals surface area contributed by atoms with Gasteiger partial charge in [0.15, 0.2) is 0 Å². The molecule has 0 spiro atoms. The predicted molar refractivity (Wildman–Crippen MR) is 80.3 cm³/mol. The molecule has 0 atom stereocenters. The van der Waals surface area contributed by atoms with Gasteiger partial charge in [-0.25, -0.2) is 0 Å². The summed E-state index contributed by atoms with van der Waals surface area (Å²) < 4.78 is 8.75. The van der Waals surface area contributed by atoms with Crippen LogP contribution < -0.4 is 4.74 Å². The molecule has 0 amide bonds. The molecule has 2 rings (SSSR count). The van der Waals surface area contributed by atoms with E-state index >= 15 is 0 Å². The highest BCUT2D eigenvalue weighted by Gasteiger charge is 2.05. The van der Waals surface area contributed by atoms with Gasteiger partial charge in [-0.15, -0.1) is 0 Å². The summed E-state index contributed by atoms with van der Waals surface area (Å²) >= 11 is 10.4. The maximum Gasteiger partial charge on any atom is 0.148 e. The number of halogens is 3. The van der Waals surface area contributed by atoms with Crippen molar-refractivity contribution in [3.8, 4) is 5.75 Å². The first kappa shape index (κ1) is 13.1. The molecule has 0 heterocycles. The van der Waals surface area contributed by atoms with Gasteiger partial charge >= 0.3 is 0 Å². The number of para-hydroxylation sites is 1. The van der Waals surface area contributed by atoms with E-state index in [2.05, 4.69) is 47.8 Å². The molecule has 88 valence electrons. The van der Waals surface area contributed by atoms with Crippen molar-refractivity contribution in [1.29, 1.82) is 0 Å². The Hall–Kier alpha value is -0.320. The van der Waals surface area contributed by atoms with Crippen molar-refractivity contribution >= 4 is 47.8 Å². The van der Waals surface area contributed by atoms with Crippen molar-refractivity contribution < 1.29 is 4.74 Å². The van der Waals surface area contributed by atoms with E-state index in [9.17, 15) is 0 Å². The van der Waals surface area contributed by atoms with Crippen LogP contribution in [0.1, 0.15) is 5.56 Å². The standard InChI is InChI=1S/C13H9Br3O/c14-10-4-1-3-9(7-10)8-17-13-11(15)5-2-6-12(13)16/h1-7H,8H2. The van der Waals surface area contributed by atoms with Crippen molar-refractivity contribution in [1.82, 2.24) is 0 Å². The summed E-state index contributed by atoms with van der Waals surface area (Å²) in [7, 11) is 0. The highest BCUT2D eigenvalue weighted by molar-refractivity contribution is 9.11. The first-order valence-electron chi connectivity index (χ1n) is 4.98. The zero-order valence-corrected chi connectivity index (χ0v) is 13.5. The normalized spacial score (nSPS) is 10.3. The first-order valence-corrected chi connectivity index (χ1v) is 7.36. The molecular weight excluding hydrogens is 412 g/mol. The third-order valence-electron chi connectivity index (χ3n) is 2.19. The van der Waals surface area contributed by atoms with Crippen LogP contribution in [0.3, 0.4) is 0 Å². The summed E-state index contributed by atoms with van der Waals surface area (Å²) in [5.41, 5.74) is 1.13. The Bertz CT molecular complexity index is 506. The molecule has 0 aromatic heterocycles. The van der Waals surface area contributed by atoms with Crippen molar-refractivity contribution in [3.05, 3.63) is 61.4 Å². The highest BCUT2D eigenvalue weighted by Crippen LogP contribution is 2.33. The number of hydrogen-bond donors (Lipinski definition) is 0. The van der Waals surface area contributed by atoms with E-state index < -0.39 is 0 Å². The molecule has 0 bridgehead atoms. The molecular formula is C13H9Br3O. The van der Waals surface area contributed by atoms with Crippen LogP contribution in [0.25, 0.3) is 0 Å². The molecule has 0 saturated heterocycles. The molecule has 0 saturated carbocycles. The third-order valence-corrected chi connectivity index (χ3v) is 3.93. The molecule has 1 nitrogen and oxygen atoms in total. The summed E-state index contributed by atoms with van der Waals surface area (Å²) in [6.07, 6.45) is 0. The average Bonchev–Trinajstić information content (AvgIpc) is 2.28. The second kappa shape index (κ2) is 6.03. The molecule has 2 aromatic carbocycles. The fraction of sp³-hybridized carbons (Fsp3) is 0.0769. The minimum atomic E-state index is 0.542. The lowest BCUT2D eigenvalue weighted by atomic mass is 10.2. The summed E-state index contributed by atoms with van der Waals surface area (Å²) in [5.74, 6) is 0.826. The van der Waals surface area contributed by atoms with E-state index in [1.807, 2.05) is 42.5 Å². The van der Waals surface area contributed by atoms with Gasteiger partial charge in [-0.05, 0) is 61.7 Å². The molecule has 0 radical (unpaired) electrons. The van der Waals surface area contributed by atoms with Gasteiger partial charge in [0, 0.05) is 4.47 Å². The minimum absolute atomic E-state index is 0.542. The van der Waals surface area contributed by atoms with Crippen LogP contribution in [0.4, 0.5) is 0 Å². The van der Waals surface area contributed by atoms with Gasteiger partial charge in [-0.2, -0.15) is 0 Å². The number of ether oxygens (including phenoxy) is 1. The highest BCUT2D eigenvalue weighted by atomic mass is 79.9. The van der Waals surface area contributed by atoms with Crippen LogP contribution in [0, 0.1) is 0 Å². The SMILES string of the molecule is Brc1cccc(COc2c(Br)cccc2Br)c1. The topological polar surface area (TPSA) is 9.23 Å². The minimum Gasteiger partial charge on any atom is -0.487 e. The first-order chi connectivity index (χ1) is 8.16. The average molecular weight is 421 g/mol. The molecule has 4 heteroatoms. The molecule has 2 aromatic rings. The maximum absolute atomic E-state index is 5.79. The molecule has 17 heavy (non-hydrogen) atoms. The smallest absolute Gasteiger partial charge is 0.148 e. The van der Waals surface area contributed by atoms with E-state index in [4.69, 9.17) is 4.74 Å². The summed E-state index contributed by atoms with van der Waals surface area (Å²) in [4.78, 5) is 0. The number of hydrogen-bond acceptors (Lipinski definition) is 1. The van der Waals surface area contributed by atoms with Crippen molar-refractivity contribution in [3.63, 3.8) is 0 Å². The van der Waals surface area contributed by atoms with Crippen molar-refractivity contribution in [2.45, 2.75) is 6.61 Å². The van der Waals surface area contributed by atoms with Gasteiger partial charge in [-0.1, -0.05) is 34.1 Å². The fourth-order valence-electron chi connectivity index (χ4n) is 1.40. The van der Waals surface area contributed by atoms with Gasteiger partial charge < -0.3 is 4.74 Å². The van der Waals surface area contributed by atoms with Crippen LogP contribution in [-0.4, -0.2) is 0 Å². The lowest BCUT2D eigenvalue weighted by Gasteiger charge is -2.10. The number of rotatable bonds is 3. The van der Waals surface area contributed by atoms with Crippen molar-refractivity contribution in [2.24, 2.45) is 0 Å². The van der Waals surface area contributed by atoms with E-state index in [0.717, 1.165) is 24.7 Å². The van der Waals surface area contributed by atoms with E-state index in [1.165, 1.54) is 0 Å². The summed E-state index contributed by atoms with van der Waals surface area (Å²) in [6.45, 7) is 0.542. The molecule has 0 unspecified atom stereocenters. The predicted octanol–water partition coefficient (Wildman–Crippen LogP) is 5.55. The zero-order chi connectivity index (χ0) is 12.3. The van der Waals surface area contributed by atoms with Gasteiger partial charge in [0.05, 0.1) is 8.95 Å². The Balaban J connectivity index is 2.13. The lowest BCUT2D eigenvalue weighted by Crippen LogP contribution is -1.96. The van der Waals surface area contributed by atoms with Crippen molar-refractivity contribution in [2.75, 3.05) is 0 Å². The fourth-order valence-corrected chi connectivity index (χ4v) is 3.08. The van der Waals surface area contributed by atoms with Gasteiger partial charge in [-0.3, -0.25) is 0 Å². The van der Waals surface area contributed by atoms with E-state index in [1.54, 1.807) is 0 Å². The van der Waals surface area contributed by atoms with Gasteiger partial charge in [0.1, 0.15) is 12.4 Å². The summed E-state index contributed by atoms with van der Waals surface area (Å²) in [5, 5.41) is 0.